The summed E-state index contributed by atoms with van der Waals surface area (Å²) in [7, 11) is 0. The third kappa shape index (κ3) is 5.36. The number of aryl methyl sites for hydroxylation is 4. The van der Waals surface area contributed by atoms with E-state index in [0.29, 0.717) is 0 Å². The van der Waals surface area contributed by atoms with Crippen molar-refractivity contribution in [3.8, 4) is 0 Å². The van der Waals surface area contributed by atoms with Crippen LogP contribution in [0.1, 0.15) is 22.3 Å². The molecule has 0 bridgehead atoms. The summed E-state index contributed by atoms with van der Waals surface area (Å²) in [6.45, 7) is 8.54. The molecule has 0 aliphatic carbocycles. The Kier molecular flexibility index (Phi) is 7.79. The van der Waals surface area contributed by atoms with Gasteiger partial charge in [0.2, 0.25) is 0 Å². The molecule has 56 heavy (non-hydrogen) atoms. The minimum atomic E-state index is -0.274. The lowest BCUT2D eigenvalue weighted by Gasteiger charge is -2.31. The van der Waals surface area contributed by atoms with Gasteiger partial charge in [0, 0.05) is 32.9 Å². The van der Waals surface area contributed by atoms with Crippen molar-refractivity contribution >= 4 is 88.0 Å². The van der Waals surface area contributed by atoms with Crippen LogP contribution in [-0.4, -0.2) is 0 Å². The Hall–Kier alpha value is -6.78. The van der Waals surface area contributed by atoms with E-state index in [1.807, 2.05) is 24.3 Å². The monoisotopic (exact) mass is 728 g/mol. The molecule has 0 aromatic heterocycles. The van der Waals surface area contributed by atoms with E-state index in [2.05, 4.69) is 147 Å². The Bertz CT molecular complexity index is 2920. The average molecular weight is 729 g/mol. The molecule has 0 unspecified atom stereocenters. The zero-order chi connectivity index (χ0) is 38.2. The third-order valence-electron chi connectivity index (χ3n) is 11.4. The highest BCUT2D eigenvalue weighted by Gasteiger charge is 2.25. The maximum absolute atomic E-state index is 14.5. The molecule has 4 heteroatoms. The van der Waals surface area contributed by atoms with Crippen LogP contribution < -0.4 is 9.80 Å². The van der Waals surface area contributed by atoms with Crippen molar-refractivity contribution in [1.82, 2.24) is 0 Å². The molecule has 0 atom stereocenters. The number of halogens is 2. The largest absolute Gasteiger partial charge is 0.309 e. The standard InChI is InChI=1S/C52H38F2N2/c1-31-5-9-35-11-7-33(3)51(45(35)29-31)55(41-21-17-39(53)18-22-41)47-27-15-37-14-26-44-48(28-16-38-13-25-43(47)49(37)50(38)44)56(42-23-19-40(54)20-24-42)52-34(4)8-12-36-10-6-32(2)30-46(36)52/h5-30H,1-4H3. The fraction of sp³-hybridized carbons (Fsp3) is 0.0769. The van der Waals surface area contributed by atoms with Crippen LogP contribution in [0.4, 0.5) is 42.9 Å². The first kappa shape index (κ1) is 33.8. The lowest BCUT2D eigenvalue weighted by molar-refractivity contribution is 0.627. The van der Waals surface area contributed by atoms with Crippen molar-refractivity contribution in [1.29, 1.82) is 0 Å². The number of hydrogen-bond acceptors (Lipinski definition) is 2. The van der Waals surface area contributed by atoms with Gasteiger partial charge in [0.1, 0.15) is 11.6 Å². The van der Waals surface area contributed by atoms with Crippen LogP contribution in [0.5, 0.6) is 0 Å². The van der Waals surface area contributed by atoms with Gasteiger partial charge >= 0.3 is 0 Å². The molecule has 10 rings (SSSR count). The molecule has 0 aliphatic heterocycles. The van der Waals surface area contributed by atoms with Crippen molar-refractivity contribution in [2.75, 3.05) is 9.80 Å². The van der Waals surface area contributed by atoms with Gasteiger partial charge in [-0.1, -0.05) is 96.1 Å². The van der Waals surface area contributed by atoms with Gasteiger partial charge in [0.25, 0.3) is 0 Å². The molecule has 270 valence electrons. The molecule has 0 N–H and O–H groups in total. The molecular formula is C52H38F2N2. The van der Waals surface area contributed by atoms with E-state index >= 15 is 0 Å². The minimum Gasteiger partial charge on any atom is -0.309 e. The Balaban J connectivity index is 1.28. The predicted molar refractivity (Wildman–Crippen MR) is 233 cm³/mol. The fourth-order valence-electron chi connectivity index (χ4n) is 8.76. The van der Waals surface area contributed by atoms with E-state index in [0.717, 1.165) is 99.1 Å². The zero-order valence-electron chi connectivity index (χ0n) is 31.7. The van der Waals surface area contributed by atoms with Crippen molar-refractivity contribution in [3.05, 3.63) is 192 Å². The molecule has 0 spiro atoms. The lowest BCUT2D eigenvalue weighted by Crippen LogP contribution is -2.13. The third-order valence-corrected chi connectivity index (χ3v) is 11.4. The maximum atomic E-state index is 14.5. The van der Waals surface area contributed by atoms with Crippen LogP contribution in [0.2, 0.25) is 0 Å². The van der Waals surface area contributed by atoms with E-state index < -0.39 is 0 Å². The number of hydrogen-bond donors (Lipinski definition) is 0. The highest BCUT2D eigenvalue weighted by molar-refractivity contribution is 6.28. The average Bonchev–Trinajstić information content (AvgIpc) is 3.20. The molecule has 10 aromatic rings. The second-order valence-corrected chi connectivity index (χ2v) is 15.1. The van der Waals surface area contributed by atoms with Crippen molar-refractivity contribution in [2.45, 2.75) is 27.7 Å². The summed E-state index contributed by atoms with van der Waals surface area (Å²) in [4.78, 5) is 4.60. The summed E-state index contributed by atoms with van der Waals surface area (Å²) in [6.07, 6.45) is 0. The number of anilines is 6. The number of fused-ring (bicyclic) bond motifs is 2. The Morgan fingerprint density at radius 2 is 0.696 bits per heavy atom. The highest BCUT2D eigenvalue weighted by atomic mass is 19.1. The van der Waals surface area contributed by atoms with Gasteiger partial charge in [-0.05, 0) is 144 Å². The highest BCUT2D eigenvalue weighted by Crippen LogP contribution is 2.50. The van der Waals surface area contributed by atoms with E-state index in [-0.39, 0.29) is 11.6 Å². The number of rotatable bonds is 6. The first-order chi connectivity index (χ1) is 27.2. The SMILES string of the molecule is Cc1ccc2ccc(C)c(N(c3ccc(F)cc3)c3ccc4ccc5c(N(c6ccc(F)cc6)c6c(C)ccc7ccc(C)cc67)ccc6ccc3c4c65)c2c1. The molecule has 10 aromatic carbocycles. The van der Waals surface area contributed by atoms with Crippen LogP contribution in [0.15, 0.2) is 158 Å². The summed E-state index contributed by atoms with van der Waals surface area (Å²) in [5.74, 6) is -0.547. The second-order valence-electron chi connectivity index (χ2n) is 15.1. The van der Waals surface area contributed by atoms with Gasteiger partial charge in [-0.15, -0.1) is 0 Å². The number of benzene rings is 10. The lowest BCUT2D eigenvalue weighted by atomic mass is 9.91. The van der Waals surface area contributed by atoms with Gasteiger partial charge in [-0.25, -0.2) is 8.78 Å². The van der Waals surface area contributed by atoms with Crippen LogP contribution in [0, 0.1) is 39.3 Å². The predicted octanol–water partition coefficient (Wildman–Crippen LogP) is 15.3. The topological polar surface area (TPSA) is 6.48 Å². The summed E-state index contributed by atoms with van der Waals surface area (Å²) < 4.78 is 29.0. The first-order valence-electron chi connectivity index (χ1n) is 19.1. The molecule has 0 amide bonds. The molecule has 0 heterocycles. The van der Waals surface area contributed by atoms with E-state index in [4.69, 9.17) is 0 Å². The van der Waals surface area contributed by atoms with Gasteiger partial charge in [-0.2, -0.15) is 0 Å². The normalized spacial score (nSPS) is 11.8. The van der Waals surface area contributed by atoms with Crippen LogP contribution in [-0.2, 0) is 0 Å². The van der Waals surface area contributed by atoms with E-state index in [1.54, 1.807) is 0 Å². The number of nitrogens with zero attached hydrogens (tertiary/aromatic N) is 2. The summed E-state index contributed by atoms with van der Waals surface area (Å²) >= 11 is 0. The maximum Gasteiger partial charge on any atom is 0.123 e. The van der Waals surface area contributed by atoms with Gasteiger partial charge in [-0.3, -0.25) is 0 Å². The Morgan fingerprint density at radius 3 is 1.11 bits per heavy atom. The second kappa shape index (κ2) is 12.9. The summed E-state index contributed by atoms with van der Waals surface area (Å²) in [5.41, 5.74) is 10.5. The van der Waals surface area contributed by atoms with Crippen molar-refractivity contribution in [3.63, 3.8) is 0 Å². The van der Waals surface area contributed by atoms with Gasteiger partial charge < -0.3 is 9.80 Å². The van der Waals surface area contributed by atoms with Crippen LogP contribution in [0.25, 0.3) is 53.9 Å². The first-order valence-corrected chi connectivity index (χ1v) is 19.1. The molecular weight excluding hydrogens is 691 g/mol. The smallest absolute Gasteiger partial charge is 0.123 e. The molecule has 0 saturated heterocycles. The fourth-order valence-corrected chi connectivity index (χ4v) is 8.76. The molecule has 0 aliphatic rings. The van der Waals surface area contributed by atoms with E-state index in [1.165, 1.54) is 35.4 Å². The molecule has 0 fully saturated rings. The Labute approximate surface area is 324 Å². The van der Waals surface area contributed by atoms with Crippen molar-refractivity contribution in [2.24, 2.45) is 0 Å². The minimum absolute atomic E-state index is 0.274. The van der Waals surface area contributed by atoms with Crippen LogP contribution >= 0.6 is 0 Å². The zero-order valence-corrected chi connectivity index (χ0v) is 31.7. The quantitative estimate of drug-likeness (QED) is 0.157. The van der Waals surface area contributed by atoms with Gasteiger partial charge in [0.15, 0.2) is 0 Å². The van der Waals surface area contributed by atoms with Crippen LogP contribution in [0.3, 0.4) is 0 Å². The Morgan fingerprint density at radius 1 is 0.339 bits per heavy atom. The van der Waals surface area contributed by atoms with Gasteiger partial charge in [0.05, 0.1) is 22.7 Å². The molecule has 2 nitrogen and oxygen atoms in total. The van der Waals surface area contributed by atoms with Crippen molar-refractivity contribution < 1.29 is 8.78 Å². The van der Waals surface area contributed by atoms with E-state index in [9.17, 15) is 8.78 Å². The molecule has 0 saturated carbocycles. The molecule has 0 radical (unpaired) electrons. The summed E-state index contributed by atoms with van der Waals surface area (Å²) in [5, 5.41) is 11.3. The summed E-state index contributed by atoms with van der Waals surface area (Å²) in [6, 6.07) is 53.2.